The molecule has 0 atom stereocenters. The first-order chi connectivity index (χ1) is 6.29. The molecule has 2 rings (SSSR count). The number of carbonyl (C=O) groups is 1. The molecule has 13 heavy (non-hydrogen) atoms. The van der Waals surface area contributed by atoms with Crippen LogP contribution < -0.4 is 15.8 Å². The van der Waals surface area contributed by atoms with Crippen LogP contribution in [0.2, 0.25) is 0 Å². The number of hydrogen-bond donors (Lipinski definition) is 2. The van der Waals surface area contributed by atoms with Gasteiger partial charge in [0.25, 0.3) is 0 Å². The van der Waals surface area contributed by atoms with Crippen molar-refractivity contribution in [1.82, 2.24) is 0 Å². The lowest BCUT2D eigenvalue weighted by Crippen LogP contribution is -2.25. The lowest BCUT2D eigenvalue weighted by molar-refractivity contribution is -0.132. The van der Waals surface area contributed by atoms with Crippen LogP contribution in [-0.4, -0.2) is 12.5 Å². The van der Waals surface area contributed by atoms with E-state index in [0.717, 1.165) is 11.3 Å². The van der Waals surface area contributed by atoms with Gasteiger partial charge in [-0.05, 0) is 17.7 Å². The summed E-state index contributed by atoms with van der Waals surface area (Å²) in [6.07, 6.45) is 0. The van der Waals surface area contributed by atoms with Crippen LogP contribution in [0, 0.1) is 0 Å². The van der Waals surface area contributed by atoms with Crippen molar-refractivity contribution in [2.75, 3.05) is 11.9 Å². The molecule has 0 radical (unpaired) electrons. The number of fused-ring (bicyclic) bond motifs is 1. The minimum atomic E-state index is -0.262. The van der Waals surface area contributed by atoms with E-state index < -0.39 is 0 Å². The molecule has 0 unspecified atom stereocenters. The van der Waals surface area contributed by atoms with Gasteiger partial charge < -0.3 is 15.8 Å². The molecular weight excluding hydrogens is 168 g/mol. The van der Waals surface area contributed by atoms with Gasteiger partial charge in [-0.2, -0.15) is 0 Å². The van der Waals surface area contributed by atoms with E-state index >= 15 is 0 Å². The van der Waals surface area contributed by atoms with E-state index in [1.807, 2.05) is 12.1 Å². The number of nitrogens with one attached hydrogen (secondary N) is 1. The molecular formula is C9H10N2O2. The third-order valence-electron chi connectivity index (χ3n) is 1.93. The molecule has 0 bridgehead atoms. The molecule has 4 heteroatoms. The Balaban J connectivity index is 2.38. The predicted molar refractivity (Wildman–Crippen MR) is 48.5 cm³/mol. The fourth-order valence-corrected chi connectivity index (χ4v) is 1.25. The Morgan fingerprint density at radius 3 is 3.15 bits per heavy atom. The summed E-state index contributed by atoms with van der Waals surface area (Å²) in [4.78, 5) is 10.9. The Bertz CT molecular complexity index is 349. The second-order valence-corrected chi connectivity index (χ2v) is 2.86. The average Bonchev–Trinajstić information content (AvgIpc) is 2.16. The monoisotopic (exact) mass is 178 g/mol. The molecule has 0 saturated heterocycles. The topological polar surface area (TPSA) is 64.3 Å². The summed E-state index contributed by atoms with van der Waals surface area (Å²) in [5, 5.41) is 2.95. The molecule has 1 heterocycles. The van der Waals surface area contributed by atoms with Crippen molar-refractivity contribution in [3.8, 4) is 5.75 Å². The number of esters is 1. The van der Waals surface area contributed by atoms with Gasteiger partial charge in [0.2, 0.25) is 0 Å². The van der Waals surface area contributed by atoms with E-state index in [0.29, 0.717) is 12.3 Å². The quantitative estimate of drug-likeness (QED) is 0.485. The van der Waals surface area contributed by atoms with Crippen molar-refractivity contribution < 1.29 is 9.53 Å². The van der Waals surface area contributed by atoms with Gasteiger partial charge in [0.15, 0.2) is 5.75 Å². The van der Waals surface area contributed by atoms with Gasteiger partial charge in [0.05, 0.1) is 5.69 Å². The number of nitrogens with two attached hydrogens (primary N) is 1. The zero-order valence-corrected chi connectivity index (χ0v) is 7.04. The van der Waals surface area contributed by atoms with Crippen molar-refractivity contribution in [1.29, 1.82) is 0 Å². The van der Waals surface area contributed by atoms with Crippen LogP contribution in [0.1, 0.15) is 5.56 Å². The van der Waals surface area contributed by atoms with Crippen molar-refractivity contribution in [2.24, 2.45) is 5.73 Å². The molecule has 0 aliphatic carbocycles. The number of carbonyl (C=O) groups excluding carboxylic acids is 1. The molecule has 0 fully saturated rings. The molecule has 0 spiro atoms. The Morgan fingerprint density at radius 2 is 2.38 bits per heavy atom. The van der Waals surface area contributed by atoms with Gasteiger partial charge in [0, 0.05) is 6.54 Å². The maximum Gasteiger partial charge on any atom is 0.330 e. The van der Waals surface area contributed by atoms with Gasteiger partial charge >= 0.3 is 5.97 Å². The first-order valence-electron chi connectivity index (χ1n) is 4.07. The van der Waals surface area contributed by atoms with Crippen molar-refractivity contribution in [3.63, 3.8) is 0 Å². The molecule has 0 saturated carbocycles. The fraction of sp³-hybridized carbons (Fsp3) is 0.222. The van der Waals surface area contributed by atoms with E-state index in [1.54, 1.807) is 6.07 Å². The molecule has 1 aromatic carbocycles. The van der Waals surface area contributed by atoms with E-state index in [-0.39, 0.29) is 12.5 Å². The Hall–Kier alpha value is -1.55. The lowest BCUT2D eigenvalue weighted by Gasteiger charge is -2.17. The maximum absolute atomic E-state index is 10.9. The standard InChI is InChI=1S/C9H10N2O2/c10-4-6-1-2-7-8(3-6)13-9(12)5-11-7/h1-3,11H,4-5,10H2. The number of anilines is 1. The number of benzene rings is 1. The predicted octanol–water partition coefficient (Wildman–Crippen LogP) is 0.476. The first-order valence-corrected chi connectivity index (χ1v) is 4.07. The molecule has 0 aromatic heterocycles. The second kappa shape index (κ2) is 3.06. The molecule has 0 amide bonds. The van der Waals surface area contributed by atoms with Gasteiger partial charge in [-0.3, -0.25) is 0 Å². The zero-order chi connectivity index (χ0) is 9.26. The van der Waals surface area contributed by atoms with Crippen LogP contribution in [0.15, 0.2) is 18.2 Å². The van der Waals surface area contributed by atoms with Crippen molar-refractivity contribution in [3.05, 3.63) is 23.8 Å². The summed E-state index contributed by atoms with van der Waals surface area (Å²) in [5.74, 6) is 0.306. The van der Waals surface area contributed by atoms with Crippen LogP contribution in [-0.2, 0) is 11.3 Å². The van der Waals surface area contributed by atoms with Crippen LogP contribution in [0.5, 0.6) is 5.75 Å². The van der Waals surface area contributed by atoms with Crippen molar-refractivity contribution in [2.45, 2.75) is 6.54 Å². The highest BCUT2D eigenvalue weighted by molar-refractivity contribution is 5.83. The summed E-state index contributed by atoms with van der Waals surface area (Å²) in [6, 6.07) is 5.55. The van der Waals surface area contributed by atoms with Crippen LogP contribution in [0.4, 0.5) is 5.69 Å². The molecule has 1 aliphatic heterocycles. The Kier molecular flexibility index (Phi) is 1.90. The maximum atomic E-state index is 10.9. The SMILES string of the molecule is NCc1ccc2c(c1)OC(=O)CN2. The first kappa shape index (κ1) is 8.07. The minimum absolute atomic E-state index is 0.231. The van der Waals surface area contributed by atoms with E-state index in [1.165, 1.54) is 0 Å². The van der Waals surface area contributed by atoms with Crippen LogP contribution >= 0.6 is 0 Å². The summed E-state index contributed by atoms with van der Waals surface area (Å²) in [6.45, 7) is 0.680. The third kappa shape index (κ3) is 1.48. The van der Waals surface area contributed by atoms with Gasteiger partial charge in [0.1, 0.15) is 6.54 Å². The minimum Gasteiger partial charge on any atom is -0.423 e. The van der Waals surface area contributed by atoms with Gasteiger partial charge in [-0.15, -0.1) is 0 Å². The van der Waals surface area contributed by atoms with Crippen molar-refractivity contribution >= 4 is 11.7 Å². The molecule has 1 aliphatic rings. The highest BCUT2D eigenvalue weighted by Crippen LogP contribution is 2.28. The number of rotatable bonds is 1. The van der Waals surface area contributed by atoms with E-state index in [4.69, 9.17) is 10.5 Å². The normalized spacial score (nSPS) is 14.4. The van der Waals surface area contributed by atoms with Crippen LogP contribution in [0.3, 0.4) is 0 Å². The van der Waals surface area contributed by atoms with Crippen LogP contribution in [0.25, 0.3) is 0 Å². The highest BCUT2D eigenvalue weighted by atomic mass is 16.5. The lowest BCUT2D eigenvalue weighted by atomic mass is 10.2. The highest BCUT2D eigenvalue weighted by Gasteiger charge is 2.15. The van der Waals surface area contributed by atoms with E-state index in [9.17, 15) is 4.79 Å². The molecule has 1 aromatic rings. The molecule has 68 valence electrons. The summed E-state index contributed by atoms with van der Waals surface area (Å²) < 4.78 is 5.02. The smallest absolute Gasteiger partial charge is 0.330 e. The van der Waals surface area contributed by atoms with E-state index in [2.05, 4.69) is 5.32 Å². The van der Waals surface area contributed by atoms with Gasteiger partial charge in [-0.1, -0.05) is 6.07 Å². The third-order valence-corrected chi connectivity index (χ3v) is 1.93. The number of hydrogen-bond acceptors (Lipinski definition) is 4. The summed E-state index contributed by atoms with van der Waals surface area (Å²) in [5.41, 5.74) is 7.25. The fourth-order valence-electron chi connectivity index (χ4n) is 1.25. The summed E-state index contributed by atoms with van der Waals surface area (Å²) >= 11 is 0. The average molecular weight is 178 g/mol. The van der Waals surface area contributed by atoms with Gasteiger partial charge in [-0.25, -0.2) is 4.79 Å². The molecule has 3 N–H and O–H groups in total. The summed E-state index contributed by atoms with van der Waals surface area (Å²) in [7, 11) is 0. The zero-order valence-electron chi connectivity index (χ0n) is 7.04. The Labute approximate surface area is 75.7 Å². The number of ether oxygens (including phenoxy) is 1. The largest absolute Gasteiger partial charge is 0.423 e. The Morgan fingerprint density at radius 1 is 1.54 bits per heavy atom. The molecule has 4 nitrogen and oxygen atoms in total. The second-order valence-electron chi connectivity index (χ2n) is 2.86.